The quantitative estimate of drug-likeness (QED) is 0.0901. The summed E-state index contributed by atoms with van der Waals surface area (Å²) in [6, 6.07) is 0.176. The number of nitrogens with zero attached hydrogens (tertiary/aromatic N) is 1. The number of rotatable bonds is 19. The van der Waals surface area contributed by atoms with Crippen LogP contribution in [0, 0.1) is 23.2 Å². The van der Waals surface area contributed by atoms with E-state index >= 15 is 0 Å². The van der Waals surface area contributed by atoms with Crippen LogP contribution in [0.15, 0.2) is 35.8 Å². The summed E-state index contributed by atoms with van der Waals surface area (Å²) in [5, 5.41) is 12.6. The first kappa shape index (κ1) is 32.4. The third kappa shape index (κ3) is 6.48. The Morgan fingerprint density at radius 1 is 0.977 bits per heavy atom. The second-order valence-corrected chi connectivity index (χ2v) is 15.5. The van der Waals surface area contributed by atoms with Crippen molar-refractivity contribution in [1.29, 1.82) is 0 Å². The lowest BCUT2D eigenvalue weighted by Gasteiger charge is -2.66. The molecule has 5 heteroatoms. The summed E-state index contributed by atoms with van der Waals surface area (Å²) in [5.41, 5.74) is -0.0273. The van der Waals surface area contributed by atoms with Crippen LogP contribution >= 0.6 is 0 Å². The molecule has 44 heavy (non-hydrogen) atoms. The number of allylic oxidation sites excluding steroid dienone is 3. The Labute approximate surface area is 267 Å². The van der Waals surface area contributed by atoms with Gasteiger partial charge in [0.15, 0.2) is 5.76 Å². The Hall–Kier alpha value is -1.59. The maximum atomic E-state index is 13.0. The molecule has 2 aliphatic heterocycles. The largest absolute Gasteiger partial charge is 0.485 e. The molecule has 0 aromatic rings. The minimum Gasteiger partial charge on any atom is -0.485 e. The third-order valence-corrected chi connectivity index (χ3v) is 12.4. The monoisotopic (exact) mass is 607 g/mol. The fourth-order valence-corrected chi connectivity index (χ4v) is 9.89. The Balaban J connectivity index is 0.942. The standard InChI is InChI=1S/C39H61NO4/c1-3-4-5-6-7-8-9-10-11-12-13-14-15-16-17-18-34(41)43-32-22-21-31-27-33-39(42)24-23-29(2)37-38(39,35(31)36(32)44-37)25-26-40(33)28-30-19-20-30/h21-22,30-31,33,35,37,42H,2-20,23-28H2,1H3/t31?,33?,35?,37-,38-,39+/m0/s1. The Morgan fingerprint density at radius 3 is 2.25 bits per heavy atom. The van der Waals surface area contributed by atoms with Crippen LogP contribution in [0.3, 0.4) is 0 Å². The van der Waals surface area contributed by atoms with Crippen LogP contribution in [0.2, 0.25) is 0 Å². The number of aliphatic hydroxyl groups is 1. The van der Waals surface area contributed by atoms with Crippen LogP contribution in [-0.2, 0) is 14.3 Å². The molecular formula is C39H61NO4. The fraction of sp³-hybridized carbons (Fsp3) is 0.821. The van der Waals surface area contributed by atoms with Crippen LogP contribution in [0.25, 0.3) is 0 Å². The van der Waals surface area contributed by atoms with Crippen LogP contribution < -0.4 is 0 Å². The second kappa shape index (κ2) is 14.4. The highest BCUT2D eigenvalue weighted by molar-refractivity contribution is 5.71. The van der Waals surface area contributed by atoms with Crippen molar-refractivity contribution >= 4 is 5.97 Å². The predicted molar refractivity (Wildman–Crippen MR) is 177 cm³/mol. The molecule has 2 bridgehead atoms. The van der Waals surface area contributed by atoms with E-state index in [0.717, 1.165) is 68.9 Å². The molecule has 1 N–H and O–H groups in total. The van der Waals surface area contributed by atoms with Crippen molar-refractivity contribution in [3.05, 3.63) is 35.8 Å². The summed E-state index contributed by atoms with van der Waals surface area (Å²) in [4.78, 5) is 15.6. The molecule has 0 aromatic heterocycles. The van der Waals surface area contributed by atoms with Gasteiger partial charge in [0.25, 0.3) is 0 Å². The lowest BCUT2D eigenvalue weighted by Crippen LogP contribution is -2.75. The average molecular weight is 608 g/mol. The molecule has 246 valence electrons. The topological polar surface area (TPSA) is 59.0 Å². The summed E-state index contributed by atoms with van der Waals surface area (Å²) >= 11 is 0. The number of unbranched alkanes of at least 4 members (excludes halogenated alkanes) is 14. The fourth-order valence-electron chi connectivity index (χ4n) is 9.89. The van der Waals surface area contributed by atoms with Crippen molar-refractivity contribution in [1.82, 2.24) is 4.90 Å². The Bertz CT molecular complexity index is 1080. The number of hydrogen-bond acceptors (Lipinski definition) is 5. The van der Waals surface area contributed by atoms with Crippen molar-refractivity contribution in [3.8, 4) is 0 Å². The number of carbonyl (C=O) groups excluding carboxylic acids is 1. The van der Waals surface area contributed by atoms with Gasteiger partial charge in [0.05, 0.1) is 11.0 Å². The van der Waals surface area contributed by atoms with Gasteiger partial charge in [0.2, 0.25) is 0 Å². The highest BCUT2D eigenvalue weighted by Crippen LogP contribution is 2.70. The molecule has 3 saturated carbocycles. The molecule has 0 radical (unpaired) electrons. The molecule has 5 fully saturated rings. The number of piperidine rings is 1. The van der Waals surface area contributed by atoms with Crippen molar-refractivity contribution in [2.45, 2.75) is 166 Å². The molecule has 6 aliphatic rings. The third-order valence-electron chi connectivity index (χ3n) is 12.4. The molecule has 2 heterocycles. The van der Waals surface area contributed by atoms with Crippen LogP contribution in [0.4, 0.5) is 0 Å². The second-order valence-electron chi connectivity index (χ2n) is 15.5. The number of ether oxygens (including phenoxy) is 2. The van der Waals surface area contributed by atoms with E-state index in [0.29, 0.717) is 18.1 Å². The zero-order valence-corrected chi connectivity index (χ0v) is 27.8. The van der Waals surface area contributed by atoms with E-state index in [1.165, 1.54) is 96.3 Å². The lowest BCUT2D eigenvalue weighted by atomic mass is 9.44. The zero-order chi connectivity index (χ0) is 30.6. The minimum absolute atomic E-state index is 0.0764. The summed E-state index contributed by atoms with van der Waals surface area (Å²) in [6.45, 7) is 8.87. The summed E-state index contributed by atoms with van der Waals surface area (Å²) in [6.07, 6.45) is 30.4. The van der Waals surface area contributed by atoms with E-state index in [-0.39, 0.29) is 29.4 Å². The summed E-state index contributed by atoms with van der Waals surface area (Å²) in [5.74, 6) is 2.47. The van der Waals surface area contributed by atoms with Crippen molar-refractivity contribution in [2.24, 2.45) is 23.2 Å². The maximum absolute atomic E-state index is 13.0. The van der Waals surface area contributed by atoms with Crippen LogP contribution in [0.5, 0.6) is 0 Å². The molecule has 5 nitrogen and oxygen atoms in total. The molecule has 3 unspecified atom stereocenters. The molecule has 1 spiro atoms. The van der Waals surface area contributed by atoms with Gasteiger partial charge in [-0.15, -0.1) is 0 Å². The lowest BCUT2D eigenvalue weighted by molar-refractivity contribution is -0.240. The van der Waals surface area contributed by atoms with Gasteiger partial charge in [-0.25, -0.2) is 0 Å². The van der Waals surface area contributed by atoms with Crippen LogP contribution in [-0.4, -0.2) is 46.8 Å². The SMILES string of the molecule is C=C1CC[C@@]2(O)C3CC4C=CC(OC(=O)CCCCCCCCCCCCCCCCC)=C5O[C@@H]1[C@]2(CCN3CC1CC1)C54. The van der Waals surface area contributed by atoms with Gasteiger partial charge in [0.1, 0.15) is 11.9 Å². The molecule has 2 saturated heterocycles. The first-order valence-electron chi connectivity index (χ1n) is 18.9. The minimum atomic E-state index is -0.775. The molecule has 6 atom stereocenters. The van der Waals surface area contributed by atoms with Crippen molar-refractivity contribution in [3.63, 3.8) is 0 Å². The predicted octanol–water partition coefficient (Wildman–Crippen LogP) is 9.16. The molecular weight excluding hydrogens is 546 g/mol. The summed E-state index contributed by atoms with van der Waals surface area (Å²) in [7, 11) is 0. The van der Waals surface area contributed by atoms with Gasteiger partial charge >= 0.3 is 5.97 Å². The van der Waals surface area contributed by atoms with Crippen molar-refractivity contribution in [2.75, 3.05) is 13.1 Å². The first-order valence-corrected chi connectivity index (χ1v) is 18.9. The maximum Gasteiger partial charge on any atom is 0.311 e. The van der Waals surface area contributed by atoms with E-state index in [4.69, 9.17) is 9.47 Å². The van der Waals surface area contributed by atoms with E-state index in [1.807, 2.05) is 6.08 Å². The number of likely N-dealkylation sites (tertiary alicyclic amines) is 1. The number of esters is 1. The van der Waals surface area contributed by atoms with E-state index in [9.17, 15) is 9.90 Å². The molecule has 0 aromatic carbocycles. The van der Waals surface area contributed by atoms with Crippen LogP contribution in [0.1, 0.15) is 148 Å². The average Bonchev–Trinajstić information content (AvgIpc) is 3.76. The van der Waals surface area contributed by atoms with Gasteiger partial charge in [-0.3, -0.25) is 9.69 Å². The smallest absolute Gasteiger partial charge is 0.311 e. The summed E-state index contributed by atoms with van der Waals surface area (Å²) < 4.78 is 12.8. The van der Waals surface area contributed by atoms with Gasteiger partial charge in [0, 0.05) is 24.9 Å². The Kier molecular flexibility index (Phi) is 10.6. The highest BCUT2D eigenvalue weighted by atomic mass is 16.6. The Morgan fingerprint density at radius 2 is 1.61 bits per heavy atom. The molecule has 0 amide bonds. The van der Waals surface area contributed by atoms with Gasteiger partial charge < -0.3 is 14.6 Å². The van der Waals surface area contributed by atoms with Gasteiger partial charge in [-0.05, 0) is 75.0 Å². The van der Waals surface area contributed by atoms with E-state index < -0.39 is 5.60 Å². The van der Waals surface area contributed by atoms with Crippen molar-refractivity contribution < 1.29 is 19.4 Å². The highest BCUT2D eigenvalue weighted by Gasteiger charge is 2.76. The normalized spacial score (nSPS) is 33.8. The molecule has 6 rings (SSSR count). The van der Waals surface area contributed by atoms with Gasteiger partial charge in [-0.1, -0.05) is 109 Å². The van der Waals surface area contributed by atoms with E-state index in [1.54, 1.807) is 0 Å². The first-order chi connectivity index (χ1) is 21.5. The number of hydrogen-bond donors (Lipinski definition) is 1. The number of carbonyl (C=O) groups is 1. The molecule has 4 aliphatic carbocycles. The van der Waals surface area contributed by atoms with Gasteiger partial charge in [-0.2, -0.15) is 0 Å². The van der Waals surface area contributed by atoms with E-state index in [2.05, 4.69) is 24.5 Å². The zero-order valence-electron chi connectivity index (χ0n) is 27.8.